The highest BCUT2D eigenvalue weighted by atomic mass is 16.5. The zero-order chi connectivity index (χ0) is 13.8. The number of carbonyl (C=O) groups is 1. The van der Waals surface area contributed by atoms with E-state index in [4.69, 9.17) is 10.5 Å². The summed E-state index contributed by atoms with van der Waals surface area (Å²) in [5, 5.41) is 3.92. The van der Waals surface area contributed by atoms with Gasteiger partial charge in [0.15, 0.2) is 0 Å². The summed E-state index contributed by atoms with van der Waals surface area (Å²) in [5.74, 6) is -0.298. The smallest absolute Gasteiger partial charge is 0.328 e. The maximum atomic E-state index is 11.6. The Morgan fingerprint density at radius 3 is 3.00 bits per heavy atom. The largest absolute Gasteiger partial charge is 0.464 e. The number of esters is 1. The second kappa shape index (κ2) is 5.56. The minimum Gasteiger partial charge on any atom is -0.464 e. The SMILES string of the molecule is CCOC(=O)C(C)Nc1ccc2ncccc2c1N. The molecule has 1 aromatic heterocycles. The lowest BCUT2D eigenvalue weighted by Crippen LogP contribution is -2.28. The topological polar surface area (TPSA) is 77.2 Å². The summed E-state index contributed by atoms with van der Waals surface area (Å²) in [5.41, 5.74) is 8.21. The van der Waals surface area contributed by atoms with Crippen molar-refractivity contribution in [1.29, 1.82) is 0 Å². The van der Waals surface area contributed by atoms with Crippen LogP contribution >= 0.6 is 0 Å². The lowest BCUT2D eigenvalue weighted by molar-refractivity contribution is -0.143. The zero-order valence-corrected chi connectivity index (χ0v) is 11.0. The molecule has 0 saturated carbocycles. The first kappa shape index (κ1) is 13.1. The third kappa shape index (κ3) is 2.76. The van der Waals surface area contributed by atoms with E-state index in [1.54, 1.807) is 20.0 Å². The maximum absolute atomic E-state index is 11.6. The van der Waals surface area contributed by atoms with E-state index >= 15 is 0 Å². The van der Waals surface area contributed by atoms with Gasteiger partial charge in [-0.05, 0) is 38.1 Å². The van der Waals surface area contributed by atoms with Crippen molar-refractivity contribution in [3.8, 4) is 0 Å². The molecule has 0 fully saturated rings. The van der Waals surface area contributed by atoms with Gasteiger partial charge in [0, 0.05) is 11.6 Å². The summed E-state index contributed by atoms with van der Waals surface area (Å²) in [7, 11) is 0. The molecule has 0 spiro atoms. The Morgan fingerprint density at radius 2 is 2.26 bits per heavy atom. The number of ether oxygens (including phenoxy) is 1. The van der Waals surface area contributed by atoms with Crippen molar-refractivity contribution in [3.05, 3.63) is 30.5 Å². The molecule has 1 heterocycles. The van der Waals surface area contributed by atoms with Crippen LogP contribution in [0, 0.1) is 0 Å². The molecular weight excluding hydrogens is 242 g/mol. The van der Waals surface area contributed by atoms with Crippen molar-refractivity contribution in [2.75, 3.05) is 17.7 Å². The molecule has 0 aliphatic rings. The van der Waals surface area contributed by atoms with E-state index in [-0.39, 0.29) is 5.97 Å². The number of nitrogens with zero attached hydrogens (tertiary/aromatic N) is 1. The van der Waals surface area contributed by atoms with Crippen molar-refractivity contribution >= 4 is 28.2 Å². The average Bonchev–Trinajstić information content (AvgIpc) is 2.42. The molecule has 1 aromatic carbocycles. The van der Waals surface area contributed by atoms with Crippen LogP contribution < -0.4 is 11.1 Å². The molecule has 2 rings (SSSR count). The number of carbonyl (C=O) groups excluding carboxylic acids is 1. The van der Waals surface area contributed by atoms with Crippen LogP contribution in [0.2, 0.25) is 0 Å². The fraction of sp³-hybridized carbons (Fsp3) is 0.286. The molecule has 0 saturated heterocycles. The van der Waals surface area contributed by atoms with Gasteiger partial charge >= 0.3 is 5.97 Å². The lowest BCUT2D eigenvalue weighted by Gasteiger charge is -2.16. The Morgan fingerprint density at radius 1 is 1.47 bits per heavy atom. The molecule has 100 valence electrons. The fourth-order valence-corrected chi connectivity index (χ4v) is 1.86. The van der Waals surface area contributed by atoms with Gasteiger partial charge in [-0.15, -0.1) is 0 Å². The molecule has 0 aliphatic carbocycles. The molecule has 1 unspecified atom stereocenters. The molecule has 5 heteroatoms. The van der Waals surface area contributed by atoms with Crippen molar-refractivity contribution in [2.24, 2.45) is 0 Å². The number of hydrogen-bond donors (Lipinski definition) is 2. The van der Waals surface area contributed by atoms with Gasteiger partial charge < -0.3 is 15.8 Å². The summed E-state index contributed by atoms with van der Waals surface area (Å²) in [6.45, 7) is 3.88. The van der Waals surface area contributed by atoms with Gasteiger partial charge in [-0.1, -0.05) is 0 Å². The quantitative estimate of drug-likeness (QED) is 0.650. The van der Waals surface area contributed by atoms with Gasteiger partial charge in [0.1, 0.15) is 6.04 Å². The highest BCUT2D eigenvalue weighted by Gasteiger charge is 2.15. The number of rotatable bonds is 4. The van der Waals surface area contributed by atoms with Crippen LogP contribution in [0.1, 0.15) is 13.8 Å². The summed E-state index contributed by atoms with van der Waals surface area (Å²) in [6, 6.07) is 6.97. The van der Waals surface area contributed by atoms with Crippen LogP contribution in [-0.2, 0) is 9.53 Å². The van der Waals surface area contributed by atoms with Gasteiger partial charge in [0.2, 0.25) is 0 Å². The van der Waals surface area contributed by atoms with E-state index in [9.17, 15) is 4.79 Å². The molecule has 0 aliphatic heterocycles. The third-order valence-corrected chi connectivity index (χ3v) is 2.84. The molecule has 2 aromatic rings. The second-order valence-electron chi connectivity index (χ2n) is 4.21. The maximum Gasteiger partial charge on any atom is 0.328 e. The van der Waals surface area contributed by atoms with E-state index in [1.807, 2.05) is 24.3 Å². The minimum atomic E-state index is -0.448. The van der Waals surface area contributed by atoms with Crippen LogP contribution in [0.25, 0.3) is 10.9 Å². The molecule has 0 radical (unpaired) electrons. The van der Waals surface area contributed by atoms with E-state index < -0.39 is 6.04 Å². The summed E-state index contributed by atoms with van der Waals surface area (Å²) in [4.78, 5) is 15.8. The lowest BCUT2D eigenvalue weighted by atomic mass is 10.1. The standard InChI is InChI=1S/C14H17N3O2/c1-3-19-14(18)9(2)17-12-7-6-11-10(13(12)15)5-4-8-16-11/h4-9,17H,3,15H2,1-2H3. The van der Waals surface area contributed by atoms with Gasteiger partial charge in [0.25, 0.3) is 0 Å². The highest BCUT2D eigenvalue weighted by Crippen LogP contribution is 2.27. The Bertz CT molecular complexity index is 598. The number of fused-ring (bicyclic) bond motifs is 1. The summed E-state index contributed by atoms with van der Waals surface area (Å²) in [6.07, 6.45) is 1.72. The van der Waals surface area contributed by atoms with Crippen LogP contribution in [-0.4, -0.2) is 23.6 Å². The van der Waals surface area contributed by atoms with E-state index in [2.05, 4.69) is 10.3 Å². The fourth-order valence-electron chi connectivity index (χ4n) is 1.86. The number of anilines is 2. The van der Waals surface area contributed by atoms with Crippen molar-refractivity contribution in [1.82, 2.24) is 4.98 Å². The Labute approximate surface area is 111 Å². The number of nitrogen functional groups attached to an aromatic ring is 1. The van der Waals surface area contributed by atoms with Gasteiger partial charge in [-0.2, -0.15) is 0 Å². The molecule has 3 N–H and O–H groups in total. The average molecular weight is 259 g/mol. The number of nitrogens with one attached hydrogen (secondary N) is 1. The van der Waals surface area contributed by atoms with Crippen LogP contribution in [0.4, 0.5) is 11.4 Å². The van der Waals surface area contributed by atoms with E-state index in [0.29, 0.717) is 18.0 Å². The predicted molar refractivity (Wildman–Crippen MR) is 75.9 cm³/mol. The normalized spacial score (nSPS) is 12.1. The molecule has 0 amide bonds. The Kier molecular flexibility index (Phi) is 3.85. The second-order valence-corrected chi connectivity index (χ2v) is 4.21. The van der Waals surface area contributed by atoms with Crippen LogP contribution in [0.15, 0.2) is 30.5 Å². The molecule has 0 bridgehead atoms. The summed E-state index contributed by atoms with van der Waals surface area (Å²) < 4.78 is 4.95. The van der Waals surface area contributed by atoms with Crippen molar-refractivity contribution < 1.29 is 9.53 Å². The number of aromatic nitrogens is 1. The third-order valence-electron chi connectivity index (χ3n) is 2.84. The Balaban J connectivity index is 2.26. The zero-order valence-electron chi connectivity index (χ0n) is 11.0. The number of pyridine rings is 1. The number of hydrogen-bond acceptors (Lipinski definition) is 5. The van der Waals surface area contributed by atoms with Crippen LogP contribution in [0.5, 0.6) is 0 Å². The van der Waals surface area contributed by atoms with Crippen molar-refractivity contribution in [3.63, 3.8) is 0 Å². The first-order chi connectivity index (χ1) is 9.13. The van der Waals surface area contributed by atoms with E-state index in [0.717, 1.165) is 10.9 Å². The Hall–Kier alpha value is -2.30. The minimum absolute atomic E-state index is 0.298. The first-order valence-corrected chi connectivity index (χ1v) is 6.20. The first-order valence-electron chi connectivity index (χ1n) is 6.20. The molecule has 5 nitrogen and oxygen atoms in total. The number of nitrogens with two attached hydrogens (primary N) is 1. The molecular formula is C14H17N3O2. The van der Waals surface area contributed by atoms with Gasteiger partial charge in [0.05, 0.1) is 23.5 Å². The van der Waals surface area contributed by atoms with Gasteiger partial charge in [-0.3, -0.25) is 4.98 Å². The van der Waals surface area contributed by atoms with E-state index in [1.165, 1.54) is 0 Å². The monoisotopic (exact) mass is 259 g/mol. The predicted octanol–water partition coefficient (Wildman–Crippen LogP) is 2.18. The summed E-state index contributed by atoms with van der Waals surface area (Å²) >= 11 is 0. The highest BCUT2D eigenvalue weighted by molar-refractivity contribution is 5.97. The number of benzene rings is 1. The van der Waals surface area contributed by atoms with Crippen molar-refractivity contribution in [2.45, 2.75) is 19.9 Å². The molecule has 1 atom stereocenters. The molecule has 19 heavy (non-hydrogen) atoms. The van der Waals surface area contributed by atoms with Crippen LogP contribution in [0.3, 0.4) is 0 Å². The van der Waals surface area contributed by atoms with Gasteiger partial charge in [-0.25, -0.2) is 4.79 Å².